The number of aromatic nitrogens is 1. The zero-order valence-corrected chi connectivity index (χ0v) is 13.7. The van der Waals surface area contributed by atoms with Crippen LogP contribution in [0.15, 0.2) is 30.3 Å². The highest BCUT2D eigenvalue weighted by atomic mass is 14.9. The van der Waals surface area contributed by atoms with Gasteiger partial charge in [-0.05, 0) is 92.1 Å². The largest absolute Gasteiger partial charge is 0.348 e. The average molecular weight is 293 g/mol. The van der Waals surface area contributed by atoms with Crippen molar-refractivity contribution in [2.45, 2.75) is 44.9 Å². The van der Waals surface area contributed by atoms with Crippen LogP contribution in [0.5, 0.6) is 0 Å². The molecular weight excluding hydrogens is 266 g/mol. The molecule has 0 atom stereocenters. The fraction of sp³-hybridized carbons (Fsp3) is 0.619. The maximum Gasteiger partial charge on any atom is 0.0479 e. The topological polar surface area (TPSA) is 4.93 Å². The number of hydrogen-bond acceptors (Lipinski definition) is 0. The molecule has 1 nitrogen and oxygen atoms in total. The smallest absolute Gasteiger partial charge is 0.0479 e. The standard InChI is InChI=1S/C21H27N/c1-22-19(13-16-4-2-3-5-21(16)22)6-7-20-17-9-14-8-15(11-17)12-18(20)10-14/h2-5,13-15,17-18,20H,6-12H2,1H3. The van der Waals surface area contributed by atoms with Crippen molar-refractivity contribution in [1.29, 1.82) is 0 Å². The molecule has 1 aromatic carbocycles. The van der Waals surface area contributed by atoms with Gasteiger partial charge < -0.3 is 4.57 Å². The van der Waals surface area contributed by atoms with Gasteiger partial charge in [0.25, 0.3) is 0 Å². The van der Waals surface area contributed by atoms with Crippen LogP contribution in [0.3, 0.4) is 0 Å². The summed E-state index contributed by atoms with van der Waals surface area (Å²) in [6, 6.07) is 11.2. The number of nitrogens with zero attached hydrogens (tertiary/aromatic N) is 1. The molecular formula is C21H27N. The minimum Gasteiger partial charge on any atom is -0.348 e. The second-order valence-electron chi connectivity index (χ2n) is 8.39. The van der Waals surface area contributed by atoms with Crippen LogP contribution < -0.4 is 0 Å². The van der Waals surface area contributed by atoms with Crippen LogP contribution in [-0.4, -0.2) is 4.57 Å². The Morgan fingerprint density at radius 1 is 0.955 bits per heavy atom. The summed E-state index contributed by atoms with van der Waals surface area (Å²) in [6.07, 6.45) is 10.5. The molecule has 0 N–H and O–H groups in total. The summed E-state index contributed by atoms with van der Waals surface area (Å²) in [5.41, 5.74) is 2.93. The molecule has 0 aliphatic heterocycles. The first-order chi connectivity index (χ1) is 10.8. The van der Waals surface area contributed by atoms with Crippen LogP contribution in [0.25, 0.3) is 10.9 Å². The fourth-order valence-electron chi connectivity index (χ4n) is 6.41. The molecule has 4 fully saturated rings. The van der Waals surface area contributed by atoms with Gasteiger partial charge in [-0.15, -0.1) is 0 Å². The van der Waals surface area contributed by atoms with Crippen molar-refractivity contribution in [1.82, 2.24) is 4.57 Å². The first-order valence-corrected chi connectivity index (χ1v) is 9.31. The molecule has 0 saturated heterocycles. The van der Waals surface area contributed by atoms with Crippen molar-refractivity contribution >= 4 is 10.9 Å². The van der Waals surface area contributed by atoms with Gasteiger partial charge in [-0.1, -0.05) is 18.2 Å². The lowest BCUT2D eigenvalue weighted by Crippen LogP contribution is -2.45. The third-order valence-electron chi connectivity index (χ3n) is 7.21. The molecule has 0 radical (unpaired) electrons. The number of rotatable bonds is 3. The van der Waals surface area contributed by atoms with Gasteiger partial charge in [0, 0.05) is 18.3 Å². The molecule has 4 aliphatic rings. The monoisotopic (exact) mass is 293 g/mol. The molecule has 116 valence electrons. The maximum absolute atomic E-state index is 2.42. The zero-order chi connectivity index (χ0) is 14.7. The summed E-state index contributed by atoms with van der Waals surface area (Å²) in [4.78, 5) is 0. The minimum absolute atomic E-state index is 1.03. The first-order valence-electron chi connectivity index (χ1n) is 9.31. The van der Waals surface area contributed by atoms with Crippen LogP contribution in [0.2, 0.25) is 0 Å². The predicted molar refractivity (Wildman–Crippen MR) is 91.8 cm³/mol. The summed E-state index contributed by atoms with van der Waals surface area (Å²) in [6.45, 7) is 0. The molecule has 0 amide bonds. The summed E-state index contributed by atoms with van der Waals surface area (Å²) in [5.74, 6) is 5.40. The van der Waals surface area contributed by atoms with Gasteiger partial charge >= 0.3 is 0 Å². The van der Waals surface area contributed by atoms with Crippen LogP contribution in [-0.2, 0) is 13.5 Å². The lowest BCUT2D eigenvalue weighted by atomic mass is 9.51. The van der Waals surface area contributed by atoms with Gasteiger partial charge in [-0.3, -0.25) is 0 Å². The molecule has 1 aromatic heterocycles. The Hall–Kier alpha value is -1.24. The first kappa shape index (κ1) is 13.2. The predicted octanol–water partition coefficient (Wildman–Crippen LogP) is 5.18. The Kier molecular flexibility index (Phi) is 2.93. The van der Waals surface area contributed by atoms with Crippen molar-refractivity contribution in [3.05, 3.63) is 36.0 Å². The van der Waals surface area contributed by atoms with Gasteiger partial charge in [0.15, 0.2) is 0 Å². The summed E-state index contributed by atoms with van der Waals surface area (Å²) < 4.78 is 2.42. The Morgan fingerprint density at radius 2 is 1.64 bits per heavy atom. The van der Waals surface area contributed by atoms with Crippen molar-refractivity contribution in [3.8, 4) is 0 Å². The van der Waals surface area contributed by atoms with E-state index in [0.29, 0.717) is 0 Å². The Balaban J connectivity index is 1.35. The van der Waals surface area contributed by atoms with Crippen LogP contribution in [0, 0.1) is 29.6 Å². The van der Waals surface area contributed by atoms with E-state index in [1.807, 2.05) is 0 Å². The highest BCUT2D eigenvalue weighted by molar-refractivity contribution is 5.81. The lowest BCUT2D eigenvalue weighted by Gasteiger charge is -2.54. The maximum atomic E-state index is 2.42. The molecule has 1 heterocycles. The highest BCUT2D eigenvalue weighted by Crippen LogP contribution is 2.57. The molecule has 4 saturated carbocycles. The van der Waals surface area contributed by atoms with Gasteiger partial charge in [0.1, 0.15) is 0 Å². The van der Waals surface area contributed by atoms with Crippen molar-refractivity contribution in [2.24, 2.45) is 36.6 Å². The van der Waals surface area contributed by atoms with Gasteiger partial charge in [0.05, 0.1) is 0 Å². The third kappa shape index (κ3) is 1.97. The van der Waals surface area contributed by atoms with E-state index < -0.39 is 0 Å². The van der Waals surface area contributed by atoms with Gasteiger partial charge in [-0.2, -0.15) is 0 Å². The number of para-hydroxylation sites is 1. The molecule has 2 aromatic rings. The third-order valence-corrected chi connectivity index (χ3v) is 7.21. The normalized spacial score (nSPS) is 36.3. The van der Waals surface area contributed by atoms with E-state index in [2.05, 4.69) is 41.9 Å². The van der Waals surface area contributed by atoms with E-state index in [0.717, 1.165) is 29.6 Å². The summed E-state index contributed by atoms with van der Waals surface area (Å²) >= 11 is 0. The van der Waals surface area contributed by atoms with E-state index in [9.17, 15) is 0 Å². The molecule has 0 spiro atoms. The number of hydrogen-bond donors (Lipinski definition) is 0. The SMILES string of the molecule is Cn1c(CCC2C3CC4CC(C3)CC2C4)cc2ccccc21. The average Bonchev–Trinajstić information content (AvgIpc) is 2.83. The van der Waals surface area contributed by atoms with E-state index in [4.69, 9.17) is 0 Å². The van der Waals surface area contributed by atoms with E-state index in [-0.39, 0.29) is 0 Å². The van der Waals surface area contributed by atoms with Crippen molar-refractivity contribution < 1.29 is 0 Å². The second kappa shape index (κ2) is 4.88. The van der Waals surface area contributed by atoms with E-state index in [1.165, 1.54) is 29.4 Å². The number of benzene rings is 1. The Bertz CT molecular complexity index is 667. The second-order valence-corrected chi connectivity index (χ2v) is 8.39. The summed E-state index contributed by atoms with van der Waals surface area (Å²) in [5, 5.41) is 1.41. The quantitative estimate of drug-likeness (QED) is 0.734. The minimum atomic E-state index is 1.03. The molecule has 1 heteroatoms. The molecule has 22 heavy (non-hydrogen) atoms. The van der Waals surface area contributed by atoms with E-state index >= 15 is 0 Å². The zero-order valence-electron chi connectivity index (χ0n) is 13.7. The highest BCUT2D eigenvalue weighted by Gasteiger charge is 2.47. The van der Waals surface area contributed by atoms with Crippen LogP contribution in [0.4, 0.5) is 0 Å². The number of fused-ring (bicyclic) bond motifs is 1. The van der Waals surface area contributed by atoms with E-state index in [1.54, 1.807) is 32.1 Å². The summed E-state index contributed by atoms with van der Waals surface area (Å²) in [7, 11) is 2.24. The van der Waals surface area contributed by atoms with Crippen LogP contribution >= 0.6 is 0 Å². The van der Waals surface area contributed by atoms with Crippen LogP contribution in [0.1, 0.15) is 44.2 Å². The Morgan fingerprint density at radius 3 is 2.32 bits per heavy atom. The fourth-order valence-corrected chi connectivity index (χ4v) is 6.41. The molecule has 0 unspecified atom stereocenters. The number of aryl methyl sites for hydroxylation is 2. The molecule has 4 aliphatic carbocycles. The van der Waals surface area contributed by atoms with Gasteiger partial charge in [-0.25, -0.2) is 0 Å². The van der Waals surface area contributed by atoms with Gasteiger partial charge in [0.2, 0.25) is 0 Å². The van der Waals surface area contributed by atoms with Crippen molar-refractivity contribution in [2.75, 3.05) is 0 Å². The lowest BCUT2D eigenvalue weighted by molar-refractivity contribution is -0.0395. The molecule has 6 rings (SSSR count). The Labute approximate surface area is 133 Å². The van der Waals surface area contributed by atoms with Crippen molar-refractivity contribution in [3.63, 3.8) is 0 Å². The molecule has 4 bridgehead atoms.